The molecule has 140 valence electrons. The second-order valence-corrected chi connectivity index (χ2v) is 5.20. The number of methoxy groups -OCH3 is 3. The monoisotopic (exact) mass is 368 g/mol. The van der Waals surface area contributed by atoms with Crippen molar-refractivity contribution in [3.63, 3.8) is 0 Å². The van der Waals surface area contributed by atoms with Gasteiger partial charge in [0.25, 0.3) is 5.91 Å². The average molecular weight is 368 g/mol. The maximum absolute atomic E-state index is 12.3. The van der Waals surface area contributed by atoms with E-state index in [0.29, 0.717) is 34.1 Å². The van der Waals surface area contributed by atoms with E-state index in [1.54, 1.807) is 36.4 Å². The number of hydrazone groups is 1. The van der Waals surface area contributed by atoms with Crippen molar-refractivity contribution in [1.29, 1.82) is 0 Å². The Hall–Kier alpha value is -3.66. The van der Waals surface area contributed by atoms with Gasteiger partial charge in [-0.05, 0) is 35.9 Å². The number of ether oxygens (including phenoxy) is 4. The van der Waals surface area contributed by atoms with Gasteiger partial charge in [0.2, 0.25) is 0 Å². The lowest BCUT2D eigenvalue weighted by Gasteiger charge is -2.09. The molecule has 0 saturated heterocycles. The third kappa shape index (κ3) is 5.41. The van der Waals surface area contributed by atoms with E-state index in [2.05, 4.69) is 16.4 Å². The van der Waals surface area contributed by atoms with E-state index in [0.717, 1.165) is 0 Å². The van der Waals surface area contributed by atoms with E-state index in [1.165, 1.54) is 27.5 Å². The summed E-state index contributed by atoms with van der Waals surface area (Å²) in [5.74, 6) is 4.05. The zero-order valence-corrected chi connectivity index (χ0v) is 15.3. The van der Waals surface area contributed by atoms with Crippen LogP contribution in [0.4, 0.5) is 0 Å². The van der Waals surface area contributed by atoms with Crippen LogP contribution in [-0.2, 0) is 0 Å². The predicted molar refractivity (Wildman–Crippen MR) is 102 cm³/mol. The van der Waals surface area contributed by atoms with Crippen LogP contribution in [0.15, 0.2) is 41.5 Å². The van der Waals surface area contributed by atoms with E-state index in [4.69, 9.17) is 25.4 Å². The molecule has 1 amide bonds. The highest BCUT2D eigenvalue weighted by Crippen LogP contribution is 2.27. The average Bonchev–Trinajstić information content (AvgIpc) is 2.71. The van der Waals surface area contributed by atoms with E-state index < -0.39 is 5.91 Å². The smallest absolute Gasteiger partial charge is 0.271 e. The fraction of sp³-hybridized carbons (Fsp3) is 0.200. The molecule has 0 heterocycles. The number of rotatable bonds is 8. The first-order valence-corrected chi connectivity index (χ1v) is 7.92. The highest BCUT2D eigenvalue weighted by atomic mass is 16.5. The minimum atomic E-state index is -0.399. The molecule has 0 bridgehead atoms. The van der Waals surface area contributed by atoms with E-state index in [1.807, 2.05) is 0 Å². The van der Waals surface area contributed by atoms with Crippen LogP contribution in [0.25, 0.3) is 0 Å². The Morgan fingerprint density at radius 3 is 2.37 bits per heavy atom. The van der Waals surface area contributed by atoms with E-state index in [9.17, 15) is 4.79 Å². The van der Waals surface area contributed by atoms with Crippen LogP contribution < -0.4 is 24.4 Å². The number of carbonyl (C=O) groups is 1. The van der Waals surface area contributed by atoms with Crippen LogP contribution in [0.3, 0.4) is 0 Å². The first kappa shape index (κ1) is 19.7. The number of carbonyl (C=O) groups excluding carboxylic acids is 1. The molecule has 2 aromatic rings. The Morgan fingerprint density at radius 1 is 1.07 bits per heavy atom. The van der Waals surface area contributed by atoms with Gasteiger partial charge in [0, 0.05) is 11.6 Å². The van der Waals surface area contributed by atoms with Crippen LogP contribution in [-0.4, -0.2) is 40.1 Å². The largest absolute Gasteiger partial charge is 0.497 e. The summed E-state index contributed by atoms with van der Waals surface area (Å²) in [7, 11) is 4.55. The third-order valence-electron chi connectivity index (χ3n) is 3.49. The van der Waals surface area contributed by atoms with Crippen molar-refractivity contribution < 1.29 is 23.7 Å². The molecule has 0 fully saturated rings. The highest BCUT2D eigenvalue weighted by molar-refractivity contribution is 5.95. The number of benzene rings is 2. The standard InChI is InChI=1S/C20H20N2O5/c1-5-8-27-18-7-6-14(9-19(18)26-4)13-21-22-20(23)15-10-16(24-2)12-17(11-15)25-3/h1,6-7,9-13H,8H2,2-4H3,(H,22,23)/b21-13-. The zero-order chi connectivity index (χ0) is 19.6. The van der Waals surface area contributed by atoms with Crippen molar-refractivity contribution in [1.82, 2.24) is 5.43 Å². The van der Waals surface area contributed by atoms with Crippen LogP contribution in [0.1, 0.15) is 15.9 Å². The molecule has 1 N–H and O–H groups in total. The normalized spacial score (nSPS) is 10.1. The molecule has 0 spiro atoms. The molecule has 0 aliphatic rings. The van der Waals surface area contributed by atoms with Gasteiger partial charge in [-0.25, -0.2) is 5.43 Å². The topological polar surface area (TPSA) is 78.4 Å². The number of amides is 1. The number of hydrogen-bond acceptors (Lipinski definition) is 6. The zero-order valence-electron chi connectivity index (χ0n) is 15.3. The summed E-state index contributed by atoms with van der Waals surface area (Å²) in [4.78, 5) is 12.3. The predicted octanol–water partition coefficient (Wildman–Crippen LogP) is 2.49. The SMILES string of the molecule is C#CCOc1ccc(/C=N\NC(=O)c2cc(OC)cc(OC)c2)cc1OC. The first-order valence-electron chi connectivity index (χ1n) is 7.92. The van der Waals surface area contributed by atoms with Gasteiger partial charge in [-0.2, -0.15) is 5.10 Å². The maximum Gasteiger partial charge on any atom is 0.271 e. The van der Waals surface area contributed by atoms with Gasteiger partial charge in [-0.3, -0.25) is 4.79 Å². The minimum absolute atomic E-state index is 0.143. The first-order chi connectivity index (χ1) is 13.1. The van der Waals surface area contributed by atoms with Gasteiger partial charge in [-0.1, -0.05) is 5.92 Å². The number of nitrogens with one attached hydrogen (secondary N) is 1. The molecule has 0 aliphatic carbocycles. The summed E-state index contributed by atoms with van der Waals surface area (Å²) >= 11 is 0. The van der Waals surface area contributed by atoms with Gasteiger partial charge in [0.05, 0.1) is 27.5 Å². The molecule has 0 atom stereocenters. The van der Waals surface area contributed by atoms with Crippen LogP contribution in [0, 0.1) is 12.3 Å². The Kier molecular flexibility index (Phi) is 7.08. The minimum Gasteiger partial charge on any atom is -0.497 e. The van der Waals surface area contributed by atoms with E-state index >= 15 is 0 Å². The number of nitrogens with zero attached hydrogens (tertiary/aromatic N) is 1. The van der Waals surface area contributed by atoms with Crippen molar-refractivity contribution >= 4 is 12.1 Å². The fourth-order valence-electron chi connectivity index (χ4n) is 2.17. The molecule has 0 aromatic heterocycles. The van der Waals surface area contributed by atoms with Gasteiger partial charge in [0.15, 0.2) is 11.5 Å². The number of terminal acetylenes is 1. The Morgan fingerprint density at radius 2 is 1.78 bits per heavy atom. The summed E-state index contributed by atoms with van der Waals surface area (Å²) in [5, 5.41) is 3.96. The lowest BCUT2D eigenvalue weighted by molar-refractivity contribution is 0.0954. The van der Waals surface area contributed by atoms with Gasteiger partial charge in [-0.15, -0.1) is 6.42 Å². The summed E-state index contributed by atoms with van der Waals surface area (Å²) in [6.45, 7) is 0.143. The van der Waals surface area contributed by atoms with Gasteiger partial charge < -0.3 is 18.9 Å². The third-order valence-corrected chi connectivity index (χ3v) is 3.49. The summed E-state index contributed by atoms with van der Waals surface area (Å²) in [6, 6.07) is 10.1. The molecular formula is C20H20N2O5. The van der Waals surface area contributed by atoms with Crippen LogP contribution in [0.5, 0.6) is 23.0 Å². The Bertz CT molecular complexity index is 849. The van der Waals surface area contributed by atoms with Crippen molar-refractivity contribution in [2.75, 3.05) is 27.9 Å². The summed E-state index contributed by atoms with van der Waals surface area (Å²) in [6.07, 6.45) is 6.67. The lowest BCUT2D eigenvalue weighted by Crippen LogP contribution is -2.17. The summed E-state index contributed by atoms with van der Waals surface area (Å²) < 4.78 is 20.9. The molecule has 27 heavy (non-hydrogen) atoms. The lowest BCUT2D eigenvalue weighted by atomic mass is 10.2. The molecule has 7 nitrogen and oxygen atoms in total. The van der Waals surface area contributed by atoms with Crippen molar-refractivity contribution in [2.24, 2.45) is 5.10 Å². The van der Waals surface area contributed by atoms with Crippen LogP contribution in [0.2, 0.25) is 0 Å². The molecule has 2 rings (SSSR count). The quantitative estimate of drug-likeness (QED) is 0.440. The van der Waals surface area contributed by atoms with Crippen molar-refractivity contribution in [2.45, 2.75) is 0 Å². The second kappa shape index (κ2) is 9.73. The second-order valence-electron chi connectivity index (χ2n) is 5.20. The molecule has 2 aromatic carbocycles. The Labute approximate surface area is 157 Å². The molecule has 0 radical (unpaired) electrons. The molecule has 0 aliphatic heterocycles. The van der Waals surface area contributed by atoms with Gasteiger partial charge in [0.1, 0.15) is 18.1 Å². The van der Waals surface area contributed by atoms with Gasteiger partial charge >= 0.3 is 0 Å². The maximum atomic E-state index is 12.3. The molecular weight excluding hydrogens is 348 g/mol. The van der Waals surface area contributed by atoms with Crippen LogP contribution >= 0.6 is 0 Å². The number of hydrogen-bond donors (Lipinski definition) is 1. The molecule has 0 saturated carbocycles. The van der Waals surface area contributed by atoms with Crippen molar-refractivity contribution in [3.8, 4) is 35.3 Å². The Balaban J connectivity index is 2.08. The molecule has 7 heteroatoms. The molecule has 0 unspecified atom stereocenters. The summed E-state index contributed by atoms with van der Waals surface area (Å²) in [5.41, 5.74) is 3.53. The van der Waals surface area contributed by atoms with E-state index in [-0.39, 0.29) is 6.61 Å². The fourth-order valence-corrected chi connectivity index (χ4v) is 2.17. The van der Waals surface area contributed by atoms with Crippen molar-refractivity contribution in [3.05, 3.63) is 47.5 Å². The highest BCUT2D eigenvalue weighted by Gasteiger charge is 2.09.